The molecule has 0 bridgehead atoms. The number of para-hydroxylation sites is 2. The van der Waals surface area contributed by atoms with Crippen LogP contribution < -0.4 is 9.64 Å². The van der Waals surface area contributed by atoms with Crippen molar-refractivity contribution in [3.63, 3.8) is 0 Å². The molecule has 192 valence electrons. The Labute approximate surface area is 231 Å². The predicted octanol–water partition coefficient (Wildman–Crippen LogP) is 9.78. The Balaban J connectivity index is 1.73. The Morgan fingerprint density at radius 2 is 0.897 bits per heavy atom. The van der Waals surface area contributed by atoms with Crippen LogP contribution in [0.1, 0.15) is 49.9 Å². The van der Waals surface area contributed by atoms with Crippen molar-refractivity contribution < 1.29 is 4.74 Å². The van der Waals surface area contributed by atoms with Crippen LogP contribution in [0.2, 0.25) is 0 Å². The first kappa shape index (κ1) is 23.8. The van der Waals surface area contributed by atoms with Crippen molar-refractivity contribution in [1.82, 2.24) is 0 Å². The van der Waals surface area contributed by atoms with Crippen LogP contribution in [0.3, 0.4) is 0 Å². The van der Waals surface area contributed by atoms with Crippen LogP contribution in [-0.4, -0.2) is 7.11 Å². The smallest absolute Gasteiger partial charge is 0.135 e. The molecule has 0 atom stereocenters. The number of methoxy groups -OCH3 is 1. The first-order valence-electron chi connectivity index (χ1n) is 13.8. The number of hydrogen-bond acceptors (Lipinski definition) is 2. The largest absolute Gasteiger partial charge is 0.495 e. The minimum atomic E-state index is -0.226. The molecular formula is C37H33NO. The van der Waals surface area contributed by atoms with Gasteiger partial charge in [-0.3, -0.25) is 0 Å². The van der Waals surface area contributed by atoms with Gasteiger partial charge in [0.25, 0.3) is 0 Å². The lowest BCUT2D eigenvalue weighted by Crippen LogP contribution is -2.26. The van der Waals surface area contributed by atoms with Crippen LogP contribution in [0.4, 0.5) is 17.1 Å². The molecule has 0 unspecified atom stereocenters. The monoisotopic (exact) mass is 507 g/mol. The molecule has 5 aromatic carbocycles. The van der Waals surface area contributed by atoms with E-state index in [1.165, 1.54) is 50.2 Å². The molecule has 0 saturated heterocycles. The van der Waals surface area contributed by atoms with Crippen molar-refractivity contribution in [1.29, 1.82) is 0 Å². The van der Waals surface area contributed by atoms with Crippen molar-refractivity contribution in [2.45, 2.75) is 38.5 Å². The lowest BCUT2D eigenvalue weighted by molar-refractivity contribution is 0.417. The normalized spacial score (nSPS) is 15.2. The highest BCUT2D eigenvalue weighted by atomic mass is 16.5. The summed E-state index contributed by atoms with van der Waals surface area (Å²) in [7, 11) is 1.84. The van der Waals surface area contributed by atoms with Gasteiger partial charge in [0.2, 0.25) is 0 Å². The SMILES string of the molecule is COc1c2c(c(N(c3ccccc3)c3ccccc3)c3c1-c1ccccc1C3(C)C)C(C)(C)c1ccccc1-2. The van der Waals surface area contributed by atoms with Gasteiger partial charge in [-0.2, -0.15) is 0 Å². The first-order valence-corrected chi connectivity index (χ1v) is 13.8. The van der Waals surface area contributed by atoms with Crippen LogP contribution in [0.5, 0.6) is 5.75 Å². The summed E-state index contributed by atoms with van der Waals surface area (Å²) in [6.45, 7) is 9.49. The number of anilines is 3. The molecule has 0 amide bonds. The fourth-order valence-electron chi connectivity index (χ4n) is 7.20. The number of hydrogen-bond donors (Lipinski definition) is 0. The van der Waals surface area contributed by atoms with E-state index in [0.29, 0.717) is 0 Å². The third-order valence-electron chi connectivity index (χ3n) is 8.87. The summed E-state index contributed by atoms with van der Waals surface area (Å²) in [4.78, 5) is 2.48. The standard InChI is InChI=1S/C37H33NO/c1-36(2)28-22-14-12-20-26(28)30-32(36)34(38(24-16-8-6-9-17-24)25-18-10-7-11-19-25)33-31(35(30)39-5)27-21-13-15-23-29(27)37(33,3)4/h6-23H,1-5H3. The lowest BCUT2D eigenvalue weighted by Gasteiger charge is -2.37. The minimum absolute atomic E-state index is 0.226. The minimum Gasteiger partial charge on any atom is -0.495 e. The summed E-state index contributed by atoms with van der Waals surface area (Å²) in [6, 6.07) is 39.4. The molecular weight excluding hydrogens is 474 g/mol. The molecule has 39 heavy (non-hydrogen) atoms. The maximum absolute atomic E-state index is 6.43. The molecule has 0 spiro atoms. The number of benzene rings is 5. The van der Waals surface area contributed by atoms with Gasteiger partial charge >= 0.3 is 0 Å². The molecule has 0 heterocycles. The molecule has 0 aromatic heterocycles. The zero-order valence-electron chi connectivity index (χ0n) is 23.2. The van der Waals surface area contributed by atoms with Crippen molar-refractivity contribution in [2.75, 3.05) is 12.0 Å². The van der Waals surface area contributed by atoms with Crippen LogP contribution in [0.15, 0.2) is 109 Å². The second kappa shape index (κ2) is 8.35. The van der Waals surface area contributed by atoms with Gasteiger partial charge in [-0.15, -0.1) is 0 Å². The molecule has 0 fully saturated rings. The molecule has 5 aromatic rings. The van der Waals surface area contributed by atoms with Gasteiger partial charge in [0.1, 0.15) is 5.75 Å². The fraction of sp³-hybridized carbons (Fsp3) is 0.189. The highest BCUT2D eigenvalue weighted by Crippen LogP contribution is 2.66. The van der Waals surface area contributed by atoms with E-state index in [4.69, 9.17) is 4.74 Å². The number of nitrogens with zero attached hydrogens (tertiary/aromatic N) is 1. The first-order chi connectivity index (χ1) is 18.9. The van der Waals surface area contributed by atoms with Crippen LogP contribution in [0.25, 0.3) is 22.3 Å². The van der Waals surface area contributed by atoms with Gasteiger partial charge in [0, 0.05) is 33.3 Å². The lowest BCUT2D eigenvalue weighted by atomic mass is 9.75. The summed E-state index contributed by atoms with van der Waals surface area (Å²) < 4.78 is 6.43. The van der Waals surface area contributed by atoms with E-state index in [1.807, 2.05) is 7.11 Å². The van der Waals surface area contributed by atoms with Gasteiger partial charge in [0.05, 0.1) is 12.8 Å². The predicted molar refractivity (Wildman–Crippen MR) is 163 cm³/mol. The summed E-state index contributed by atoms with van der Waals surface area (Å²) >= 11 is 0. The van der Waals surface area contributed by atoms with Gasteiger partial charge in [0.15, 0.2) is 0 Å². The molecule has 0 aliphatic heterocycles. The average molecular weight is 508 g/mol. The van der Waals surface area contributed by atoms with E-state index in [1.54, 1.807) is 0 Å². The maximum Gasteiger partial charge on any atom is 0.135 e. The van der Waals surface area contributed by atoms with Gasteiger partial charge < -0.3 is 9.64 Å². The van der Waals surface area contributed by atoms with E-state index in [2.05, 4.69) is 142 Å². The Morgan fingerprint density at radius 3 is 1.31 bits per heavy atom. The van der Waals surface area contributed by atoms with Crippen LogP contribution in [-0.2, 0) is 10.8 Å². The van der Waals surface area contributed by atoms with Gasteiger partial charge in [-0.1, -0.05) is 113 Å². The summed E-state index contributed by atoms with van der Waals surface area (Å²) in [5, 5.41) is 0. The van der Waals surface area contributed by atoms with E-state index >= 15 is 0 Å². The van der Waals surface area contributed by atoms with E-state index in [-0.39, 0.29) is 10.8 Å². The molecule has 0 saturated carbocycles. The molecule has 7 rings (SSSR count). The quantitative estimate of drug-likeness (QED) is 0.240. The van der Waals surface area contributed by atoms with E-state index in [9.17, 15) is 0 Å². The van der Waals surface area contributed by atoms with Gasteiger partial charge in [-0.25, -0.2) is 0 Å². The average Bonchev–Trinajstić information content (AvgIpc) is 3.35. The zero-order chi connectivity index (χ0) is 26.9. The number of ether oxygens (including phenoxy) is 1. The van der Waals surface area contributed by atoms with Crippen LogP contribution >= 0.6 is 0 Å². The fourth-order valence-corrected chi connectivity index (χ4v) is 7.20. The van der Waals surface area contributed by atoms with Gasteiger partial charge in [-0.05, 0) is 57.6 Å². The summed E-state index contributed by atoms with van der Waals surface area (Å²) in [5.74, 6) is 0.987. The Bertz CT molecular complexity index is 1610. The Kier molecular flexibility index (Phi) is 5.09. The zero-order valence-corrected chi connectivity index (χ0v) is 23.2. The van der Waals surface area contributed by atoms with Crippen molar-refractivity contribution >= 4 is 17.1 Å². The Hall–Kier alpha value is -4.30. The van der Waals surface area contributed by atoms with Crippen molar-refractivity contribution in [2.24, 2.45) is 0 Å². The molecule has 2 nitrogen and oxygen atoms in total. The van der Waals surface area contributed by atoms with Crippen LogP contribution in [0, 0.1) is 0 Å². The van der Waals surface area contributed by atoms with Crippen molar-refractivity contribution in [3.05, 3.63) is 131 Å². The van der Waals surface area contributed by atoms with E-state index in [0.717, 1.165) is 17.1 Å². The van der Waals surface area contributed by atoms with Crippen molar-refractivity contribution in [3.8, 4) is 28.0 Å². The maximum atomic E-state index is 6.43. The topological polar surface area (TPSA) is 12.5 Å². The van der Waals surface area contributed by atoms with E-state index < -0.39 is 0 Å². The highest BCUT2D eigenvalue weighted by Gasteiger charge is 2.49. The Morgan fingerprint density at radius 1 is 0.513 bits per heavy atom. The number of fused-ring (bicyclic) bond motifs is 6. The third-order valence-corrected chi connectivity index (χ3v) is 8.87. The highest BCUT2D eigenvalue weighted by molar-refractivity contribution is 6.04. The summed E-state index contributed by atoms with van der Waals surface area (Å²) in [5.41, 5.74) is 13.4. The molecule has 2 aliphatic rings. The summed E-state index contributed by atoms with van der Waals surface area (Å²) in [6.07, 6.45) is 0. The number of rotatable bonds is 4. The molecule has 2 heteroatoms. The molecule has 0 N–H and O–H groups in total. The third kappa shape index (κ3) is 3.15. The molecule has 0 radical (unpaired) electrons. The second-order valence-electron chi connectivity index (χ2n) is 11.7. The second-order valence-corrected chi connectivity index (χ2v) is 11.7. The molecule has 2 aliphatic carbocycles.